The summed E-state index contributed by atoms with van der Waals surface area (Å²) in [4.78, 5) is 37.4. The van der Waals surface area contributed by atoms with Gasteiger partial charge in [0.1, 0.15) is 0 Å². The normalized spacial score (nSPS) is 20.9. The summed E-state index contributed by atoms with van der Waals surface area (Å²) in [6, 6.07) is 6.69. The highest BCUT2D eigenvalue weighted by molar-refractivity contribution is 6.22. The summed E-state index contributed by atoms with van der Waals surface area (Å²) in [5.41, 5.74) is 0.716. The first-order valence-corrected chi connectivity index (χ1v) is 7.02. The smallest absolute Gasteiger partial charge is 0.240 e. The Balaban J connectivity index is 1.92. The molecule has 1 aliphatic carbocycles. The molecule has 104 valence electrons. The molecule has 20 heavy (non-hydrogen) atoms. The van der Waals surface area contributed by atoms with E-state index in [1.807, 2.05) is 0 Å². The first-order chi connectivity index (χ1) is 9.53. The van der Waals surface area contributed by atoms with Crippen LogP contribution in [0.2, 0.25) is 0 Å². The van der Waals surface area contributed by atoms with Crippen molar-refractivity contribution in [3.05, 3.63) is 29.8 Å². The maximum absolute atomic E-state index is 12.6. The van der Waals surface area contributed by atoms with E-state index >= 15 is 0 Å². The van der Waals surface area contributed by atoms with Crippen LogP contribution in [-0.4, -0.2) is 17.6 Å². The van der Waals surface area contributed by atoms with Crippen molar-refractivity contribution in [2.45, 2.75) is 39.0 Å². The van der Waals surface area contributed by atoms with Gasteiger partial charge < -0.3 is 0 Å². The van der Waals surface area contributed by atoms with E-state index < -0.39 is 5.41 Å². The molecule has 1 heterocycles. The summed E-state index contributed by atoms with van der Waals surface area (Å²) in [6.45, 7) is 1.49. The molecule has 0 radical (unpaired) electrons. The van der Waals surface area contributed by atoms with E-state index in [1.54, 1.807) is 24.3 Å². The zero-order valence-electron chi connectivity index (χ0n) is 11.5. The van der Waals surface area contributed by atoms with E-state index in [9.17, 15) is 14.4 Å². The highest BCUT2D eigenvalue weighted by atomic mass is 16.2. The fraction of sp³-hybridized carbons (Fsp3) is 0.438. The van der Waals surface area contributed by atoms with Gasteiger partial charge in [0, 0.05) is 12.0 Å². The Kier molecular flexibility index (Phi) is 2.96. The number of hydrogen-bond donors (Lipinski definition) is 0. The molecule has 0 unspecified atom stereocenters. The van der Waals surface area contributed by atoms with E-state index in [1.165, 1.54) is 11.8 Å². The molecule has 1 aromatic carbocycles. The number of carbonyl (C=O) groups excluding carboxylic acids is 3. The Hall–Kier alpha value is -1.97. The quantitative estimate of drug-likeness (QED) is 0.614. The minimum Gasteiger partial charge on any atom is -0.295 e. The number of benzene rings is 1. The second-order valence-electron chi connectivity index (χ2n) is 5.80. The molecule has 4 nitrogen and oxygen atoms in total. The van der Waals surface area contributed by atoms with Crippen molar-refractivity contribution < 1.29 is 14.4 Å². The fourth-order valence-corrected chi connectivity index (χ4v) is 3.34. The monoisotopic (exact) mass is 271 g/mol. The molecule has 0 aromatic heterocycles. The van der Waals surface area contributed by atoms with Crippen LogP contribution < -0.4 is 4.90 Å². The molecule has 2 aliphatic rings. The van der Waals surface area contributed by atoms with Gasteiger partial charge in [-0.1, -0.05) is 12.8 Å². The van der Waals surface area contributed by atoms with Gasteiger partial charge in [-0.3, -0.25) is 19.3 Å². The third-order valence-corrected chi connectivity index (χ3v) is 4.49. The number of hydrogen-bond acceptors (Lipinski definition) is 3. The van der Waals surface area contributed by atoms with Gasteiger partial charge in [0.05, 0.1) is 11.1 Å². The third kappa shape index (κ3) is 1.87. The highest BCUT2D eigenvalue weighted by Crippen LogP contribution is 2.47. The summed E-state index contributed by atoms with van der Waals surface area (Å²) in [7, 11) is 0. The minimum absolute atomic E-state index is 0.0251. The van der Waals surface area contributed by atoms with Gasteiger partial charge in [-0.25, -0.2) is 0 Å². The Labute approximate surface area is 117 Å². The molecule has 1 saturated carbocycles. The van der Waals surface area contributed by atoms with Crippen LogP contribution in [0.4, 0.5) is 5.69 Å². The summed E-state index contributed by atoms with van der Waals surface area (Å²) in [5.74, 6) is -0.203. The number of amides is 2. The molecule has 0 bridgehead atoms. The van der Waals surface area contributed by atoms with Crippen LogP contribution in [0.5, 0.6) is 0 Å². The van der Waals surface area contributed by atoms with Gasteiger partial charge in [-0.2, -0.15) is 0 Å². The van der Waals surface area contributed by atoms with Crippen molar-refractivity contribution in [1.29, 1.82) is 0 Å². The second-order valence-corrected chi connectivity index (χ2v) is 5.80. The van der Waals surface area contributed by atoms with Crippen LogP contribution in [0.25, 0.3) is 0 Å². The van der Waals surface area contributed by atoms with Crippen molar-refractivity contribution in [1.82, 2.24) is 0 Å². The lowest BCUT2D eigenvalue weighted by atomic mass is 9.84. The predicted molar refractivity (Wildman–Crippen MR) is 74.5 cm³/mol. The van der Waals surface area contributed by atoms with Gasteiger partial charge in [0.15, 0.2) is 5.78 Å². The lowest BCUT2D eigenvalue weighted by Gasteiger charge is -2.21. The first-order valence-electron chi connectivity index (χ1n) is 7.02. The number of Topliss-reactive ketones (excluding diaryl/α,β-unsaturated/α-hetero) is 1. The number of ketones is 1. The predicted octanol–water partition coefficient (Wildman–Crippen LogP) is 2.71. The molecule has 3 rings (SSSR count). The third-order valence-electron chi connectivity index (χ3n) is 4.49. The molecular weight excluding hydrogens is 254 g/mol. The minimum atomic E-state index is -0.448. The van der Waals surface area contributed by atoms with Gasteiger partial charge in [-0.15, -0.1) is 0 Å². The molecule has 1 aliphatic heterocycles. The molecular formula is C16H17NO3. The van der Waals surface area contributed by atoms with Crippen LogP contribution in [0.1, 0.15) is 49.4 Å². The summed E-state index contributed by atoms with van der Waals surface area (Å²) in [5, 5.41) is 0. The van der Waals surface area contributed by atoms with Gasteiger partial charge in [0.25, 0.3) is 0 Å². The molecule has 1 saturated heterocycles. The largest absolute Gasteiger partial charge is 0.295 e. The summed E-state index contributed by atoms with van der Waals surface area (Å²) in [6.07, 6.45) is 4.02. The van der Waals surface area contributed by atoms with Crippen molar-refractivity contribution in [2.75, 3.05) is 4.90 Å². The van der Waals surface area contributed by atoms with E-state index in [0.717, 1.165) is 25.7 Å². The van der Waals surface area contributed by atoms with Crippen molar-refractivity contribution in [3.8, 4) is 0 Å². The molecule has 0 N–H and O–H groups in total. The van der Waals surface area contributed by atoms with Crippen molar-refractivity contribution in [2.24, 2.45) is 5.41 Å². The molecule has 0 atom stereocenters. The maximum Gasteiger partial charge on any atom is 0.240 e. The zero-order chi connectivity index (χ0) is 14.3. The molecule has 1 aromatic rings. The Morgan fingerprint density at radius 1 is 1.10 bits per heavy atom. The zero-order valence-corrected chi connectivity index (χ0v) is 11.5. The Morgan fingerprint density at radius 3 is 2.25 bits per heavy atom. The second kappa shape index (κ2) is 4.54. The van der Waals surface area contributed by atoms with E-state index in [0.29, 0.717) is 17.7 Å². The SMILES string of the molecule is CC(=O)c1ccc(N2C(=O)CC3(CCCC3)C2=O)cc1. The van der Waals surface area contributed by atoms with Crippen molar-refractivity contribution in [3.63, 3.8) is 0 Å². The topological polar surface area (TPSA) is 54.5 Å². The average molecular weight is 271 g/mol. The number of anilines is 1. The maximum atomic E-state index is 12.6. The van der Waals surface area contributed by atoms with Crippen LogP contribution in [0.3, 0.4) is 0 Å². The average Bonchev–Trinajstić information content (AvgIpc) is 2.97. The summed E-state index contributed by atoms with van der Waals surface area (Å²) < 4.78 is 0. The highest BCUT2D eigenvalue weighted by Gasteiger charge is 2.52. The lowest BCUT2D eigenvalue weighted by molar-refractivity contribution is -0.125. The van der Waals surface area contributed by atoms with Crippen LogP contribution >= 0.6 is 0 Å². The standard InChI is InChI=1S/C16H17NO3/c1-11(18)12-4-6-13(7-5-12)17-14(19)10-16(15(17)20)8-2-3-9-16/h4-7H,2-3,8-10H2,1H3. The van der Waals surface area contributed by atoms with Crippen LogP contribution in [0, 0.1) is 5.41 Å². The number of nitrogens with zero attached hydrogens (tertiary/aromatic N) is 1. The fourth-order valence-electron chi connectivity index (χ4n) is 3.34. The number of carbonyl (C=O) groups is 3. The van der Waals surface area contributed by atoms with E-state index in [2.05, 4.69) is 0 Å². The number of imide groups is 1. The molecule has 1 spiro atoms. The van der Waals surface area contributed by atoms with E-state index in [4.69, 9.17) is 0 Å². The van der Waals surface area contributed by atoms with Gasteiger partial charge >= 0.3 is 0 Å². The van der Waals surface area contributed by atoms with E-state index in [-0.39, 0.29) is 17.6 Å². The summed E-state index contributed by atoms with van der Waals surface area (Å²) >= 11 is 0. The Morgan fingerprint density at radius 2 is 1.70 bits per heavy atom. The van der Waals surface area contributed by atoms with Gasteiger partial charge in [0.2, 0.25) is 11.8 Å². The molecule has 4 heteroatoms. The van der Waals surface area contributed by atoms with Gasteiger partial charge in [-0.05, 0) is 44.0 Å². The molecule has 2 fully saturated rings. The molecule has 2 amide bonds. The first kappa shape index (κ1) is 13.0. The Bertz CT molecular complexity index is 582. The van der Waals surface area contributed by atoms with Crippen molar-refractivity contribution >= 4 is 23.3 Å². The number of rotatable bonds is 2. The van der Waals surface area contributed by atoms with Crippen LogP contribution in [0.15, 0.2) is 24.3 Å². The van der Waals surface area contributed by atoms with Crippen LogP contribution in [-0.2, 0) is 9.59 Å². The lowest BCUT2D eigenvalue weighted by Crippen LogP contribution is -2.34.